The van der Waals surface area contributed by atoms with E-state index in [0.717, 1.165) is 0 Å². The fourth-order valence-corrected chi connectivity index (χ4v) is 2.88. The third-order valence-electron chi connectivity index (χ3n) is 3.07. The highest BCUT2D eigenvalue weighted by Gasteiger charge is 2.25. The number of benzene rings is 2. The maximum Gasteiger partial charge on any atom is 0.241 e. The second-order valence-electron chi connectivity index (χ2n) is 4.38. The number of aliphatic hydroxyl groups is 1. The Hall–Kier alpha value is -2.02. The molecule has 0 bridgehead atoms. The first-order valence-corrected chi connectivity index (χ1v) is 7.75. The predicted octanol–water partition coefficient (Wildman–Crippen LogP) is 1.51. The lowest BCUT2D eigenvalue weighted by molar-refractivity contribution is 0.0744. The molecule has 0 aliphatic heterocycles. The van der Waals surface area contributed by atoms with Crippen molar-refractivity contribution in [2.45, 2.75) is 11.0 Å². The number of Topliss-reactive ketones (excluding diaryl/α,β-unsaturated/α-hetero) is 1. The van der Waals surface area contributed by atoms with Crippen LogP contribution in [-0.4, -0.2) is 26.4 Å². The van der Waals surface area contributed by atoms with Crippen LogP contribution in [0.5, 0.6) is 0 Å². The van der Waals surface area contributed by atoms with Crippen LogP contribution < -0.4 is 4.72 Å². The first-order valence-electron chi connectivity index (χ1n) is 6.27. The van der Waals surface area contributed by atoms with Gasteiger partial charge in [-0.3, -0.25) is 4.79 Å². The third-order valence-corrected chi connectivity index (χ3v) is 4.55. The van der Waals surface area contributed by atoms with E-state index in [-0.39, 0.29) is 10.5 Å². The molecule has 1 unspecified atom stereocenters. The third kappa shape index (κ3) is 3.18. The van der Waals surface area contributed by atoms with Crippen LogP contribution in [0.2, 0.25) is 0 Å². The van der Waals surface area contributed by atoms with Crippen LogP contribution in [0.25, 0.3) is 0 Å². The lowest BCUT2D eigenvalue weighted by Gasteiger charge is -2.13. The molecule has 2 aromatic rings. The molecule has 0 aliphatic carbocycles. The van der Waals surface area contributed by atoms with Gasteiger partial charge in [-0.25, -0.2) is 13.1 Å². The number of rotatable bonds is 5. The van der Waals surface area contributed by atoms with Crippen molar-refractivity contribution in [2.24, 2.45) is 0 Å². The van der Waals surface area contributed by atoms with Crippen LogP contribution in [0.3, 0.4) is 0 Å². The van der Waals surface area contributed by atoms with Gasteiger partial charge in [-0.1, -0.05) is 42.5 Å². The Bertz CT molecular complexity index is 741. The fourth-order valence-electron chi connectivity index (χ4n) is 1.95. The van der Waals surface area contributed by atoms with Crippen molar-refractivity contribution in [2.75, 3.05) is 7.05 Å². The van der Waals surface area contributed by atoms with E-state index >= 15 is 0 Å². The molecular weight excluding hydrogens is 290 g/mol. The van der Waals surface area contributed by atoms with Crippen molar-refractivity contribution in [3.05, 3.63) is 65.7 Å². The lowest BCUT2D eigenvalue weighted by Crippen LogP contribution is -2.23. The molecular formula is C15H15NO4S. The summed E-state index contributed by atoms with van der Waals surface area (Å²) in [5.41, 5.74) is 0.377. The van der Waals surface area contributed by atoms with Crippen LogP contribution in [0.15, 0.2) is 59.5 Å². The number of sulfonamides is 1. The van der Waals surface area contributed by atoms with E-state index in [2.05, 4.69) is 4.72 Å². The van der Waals surface area contributed by atoms with Gasteiger partial charge in [0.15, 0.2) is 5.78 Å². The van der Waals surface area contributed by atoms with E-state index in [1.807, 2.05) is 0 Å². The van der Waals surface area contributed by atoms with Crippen LogP contribution in [0, 0.1) is 0 Å². The Morgan fingerprint density at radius 1 is 1.05 bits per heavy atom. The first-order chi connectivity index (χ1) is 9.97. The molecule has 0 saturated heterocycles. The summed E-state index contributed by atoms with van der Waals surface area (Å²) in [6.07, 6.45) is -1.40. The number of hydrogen-bond donors (Lipinski definition) is 2. The maximum atomic E-state index is 12.4. The summed E-state index contributed by atoms with van der Waals surface area (Å²) in [7, 11) is -2.50. The summed E-state index contributed by atoms with van der Waals surface area (Å²) in [6, 6.07) is 14.2. The molecule has 2 aromatic carbocycles. The van der Waals surface area contributed by atoms with Gasteiger partial charge < -0.3 is 5.11 Å². The van der Waals surface area contributed by atoms with Crippen molar-refractivity contribution >= 4 is 15.8 Å². The Kier molecular flexibility index (Phi) is 4.52. The van der Waals surface area contributed by atoms with Gasteiger partial charge in [0.25, 0.3) is 0 Å². The standard InChI is InChI=1S/C15H15NO4S/c1-16-21(19,20)13-10-6-5-9-12(13)15(18)14(17)11-7-3-2-4-8-11/h2-10,14,16-17H,1H3. The van der Waals surface area contributed by atoms with Gasteiger partial charge in [0, 0.05) is 5.56 Å². The van der Waals surface area contributed by atoms with Gasteiger partial charge in [0.2, 0.25) is 10.0 Å². The molecule has 0 spiro atoms. The van der Waals surface area contributed by atoms with E-state index in [1.165, 1.54) is 25.2 Å². The minimum Gasteiger partial charge on any atom is -0.380 e. The molecule has 21 heavy (non-hydrogen) atoms. The van der Waals surface area contributed by atoms with E-state index < -0.39 is 21.9 Å². The first kappa shape index (κ1) is 15.4. The van der Waals surface area contributed by atoms with Crippen LogP contribution in [0.4, 0.5) is 0 Å². The van der Waals surface area contributed by atoms with Crippen molar-refractivity contribution in [1.29, 1.82) is 0 Å². The van der Waals surface area contributed by atoms with Crippen LogP contribution in [-0.2, 0) is 10.0 Å². The van der Waals surface area contributed by atoms with Gasteiger partial charge in [-0.15, -0.1) is 0 Å². The molecule has 5 nitrogen and oxygen atoms in total. The zero-order valence-electron chi connectivity index (χ0n) is 11.4. The van der Waals surface area contributed by atoms with E-state index in [1.54, 1.807) is 36.4 Å². The molecule has 0 aromatic heterocycles. The summed E-state index contributed by atoms with van der Waals surface area (Å²) < 4.78 is 26.1. The van der Waals surface area contributed by atoms with Gasteiger partial charge in [0.1, 0.15) is 6.10 Å². The fraction of sp³-hybridized carbons (Fsp3) is 0.133. The molecule has 0 heterocycles. The number of nitrogens with one attached hydrogen (secondary N) is 1. The highest BCUT2D eigenvalue weighted by atomic mass is 32.2. The van der Waals surface area contributed by atoms with Crippen molar-refractivity contribution in [3.8, 4) is 0 Å². The van der Waals surface area contributed by atoms with Gasteiger partial charge in [0.05, 0.1) is 4.90 Å². The molecule has 2 rings (SSSR count). The Labute approximate surface area is 123 Å². The van der Waals surface area contributed by atoms with E-state index in [0.29, 0.717) is 5.56 Å². The Balaban J connectivity index is 2.46. The second-order valence-corrected chi connectivity index (χ2v) is 6.24. The summed E-state index contributed by atoms with van der Waals surface area (Å²) in [5, 5.41) is 10.1. The summed E-state index contributed by atoms with van der Waals surface area (Å²) in [4.78, 5) is 12.2. The van der Waals surface area contributed by atoms with Crippen molar-refractivity contribution in [1.82, 2.24) is 4.72 Å². The number of carbonyl (C=O) groups excluding carboxylic acids is 1. The minimum atomic E-state index is -3.77. The quantitative estimate of drug-likeness (QED) is 0.820. The predicted molar refractivity (Wildman–Crippen MR) is 78.4 cm³/mol. The highest BCUT2D eigenvalue weighted by molar-refractivity contribution is 7.89. The van der Waals surface area contributed by atoms with E-state index in [4.69, 9.17) is 0 Å². The lowest BCUT2D eigenvalue weighted by atomic mass is 10.00. The summed E-state index contributed by atoms with van der Waals surface area (Å²) in [5.74, 6) is -0.657. The normalized spacial score (nSPS) is 12.9. The van der Waals surface area contributed by atoms with Crippen LogP contribution >= 0.6 is 0 Å². The van der Waals surface area contributed by atoms with E-state index in [9.17, 15) is 18.3 Å². The van der Waals surface area contributed by atoms with Gasteiger partial charge in [-0.05, 0) is 24.7 Å². The Morgan fingerprint density at radius 3 is 2.24 bits per heavy atom. The molecule has 1 atom stereocenters. The van der Waals surface area contributed by atoms with Gasteiger partial charge in [-0.2, -0.15) is 0 Å². The molecule has 6 heteroatoms. The molecule has 0 amide bonds. The van der Waals surface area contributed by atoms with Gasteiger partial charge >= 0.3 is 0 Å². The minimum absolute atomic E-state index is 0.0387. The monoisotopic (exact) mass is 305 g/mol. The maximum absolute atomic E-state index is 12.4. The average Bonchev–Trinajstić information content (AvgIpc) is 2.54. The molecule has 0 saturated carbocycles. The van der Waals surface area contributed by atoms with Crippen molar-refractivity contribution < 1.29 is 18.3 Å². The van der Waals surface area contributed by atoms with Crippen molar-refractivity contribution in [3.63, 3.8) is 0 Å². The summed E-state index contributed by atoms with van der Waals surface area (Å²) >= 11 is 0. The second kappa shape index (κ2) is 6.17. The topological polar surface area (TPSA) is 83.5 Å². The summed E-state index contributed by atoms with van der Waals surface area (Å²) in [6.45, 7) is 0. The number of carbonyl (C=O) groups is 1. The SMILES string of the molecule is CNS(=O)(=O)c1ccccc1C(=O)C(O)c1ccccc1. The average molecular weight is 305 g/mol. The molecule has 0 fully saturated rings. The Morgan fingerprint density at radius 2 is 1.62 bits per heavy atom. The number of ketones is 1. The molecule has 2 N–H and O–H groups in total. The largest absolute Gasteiger partial charge is 0.380 e. The molecule has 110 valence electrons. The highest BCUT2D eigenvalue weighted by Crippen LogP contribution is 2.23. The molecule has 0 aliphatic rings. The smallest absolute Gasteiger partial charge is 0.241 e. The number of hydrogen-bond acceptors (Lipinski definition) is 4. The molecule has 0 radical (unpaired) electrons. The zero-order chi connectivity index (χ0) is 15.5. The zero-order valence-corrected chi connectivity index (χ0v) is 12.2. The van der Waals surface area contributed by atoms with Crippen LogP contribution in [0.1, 0.15) is 22.0 Å². The number of aliphatic hydroxyl groups excluding tert-OH is 1.